The fourth-order valence-corrected chi connectivity index (χ4v) is 2.82. The molecule has 0 atom stereocenters. The minimum Gasteiger partial charge on any atom is -0.361 e. The smallest absolute Gasteiger partial charge is 0.340 e. The van der Waals surface area contributed by atoms with Crippen LogP contribution in [0.5, 0.6) is 0 Å². The van der Waals surface area contributed by atoms with E-state index in [4.69, 9.17) is 15.3 Å². The van der Waals surface area contributed by atoms with E-state index in [1.807, 2.05) is 13.0 Å². The van der Waals surface area contributed by atoms with Gasteiger partial charge in [0.1, 0.15) is 4.90 Å². The van der Waals surface area contributed by atoms with E-state index in [1.165, 1.54) is 12.1 Å². The van der Waals surface area contributed by atoms with Crippen molar-refractivity contribution < 1.29 is 12.6 Å². The lowest BCUT2D eigenvalue weighted by molar-refractivity contribution is 0.475. The van der Waals surface area contributed by atoms with Crippen LogP contribution in [0.1, 0.15) is 16.7 Å². The lowest BCUT2D eigenvalue weighted by atomic mass is 10.1. The summed E-state index contributed by atoms with van der Waals surface area (Å²) in [7, 11) is -4.00. The highest BCUT2D eigenvalue weighted by atomic mass is 32.2. The van der Waals surface area contributed by atoms with Gasteiger partial charge < -0.3 is 10.0 Å². The molecule has 2 rings (SSSR count). The van der Waals surface area contributed by atoms with Gasteiger partial charge in [-0.15, -0.1) is 5.10 Å². The largest absolute Gasteiger partial charge is 0.361 e. The SMILES string of the molecule is Cc1ccc(S(=O)(=O)OC(Cc2cccc(C#N)c2)=NN)cc1. The van der Waals surface area contributed by atoms with Gasteiger partial charge in [-0.05, 0) is 36.8 Å². The number of hydrogen-bond donors (Lipinski definition) is 1. The Morgan fingerprint density at radius 3 is 2.57 bits per heavy atom. The zero-order chi connectivity index (χ0) is 16.9. The van der Waals surface area contributed by atoms with Crippen LogP contribution in [0, 0.1) is 18.3 Å². The molecule has 118 valence electrons. The second kappa shape index (κ2) is 6.94. The highest BCUT2D eigenvalue weighted by Crippen LogP contribution is 2.15. The van der Waals surface area contributed by atoms with E-state index in [0.717, 1.165) is 5.56 Å². The third-order valence-corrected chi connectivity index (χ3v) is 4.33. The molecule has 0 fully saturated rings. The molecule has 0 amide bonds. The Kier molecular flexibility index (Phi) is 4.98. The average Bonchev–Trinajstić information content (AvgIpc) is 2.54. The summed E-state index contributed by atoms with van der Waals surface area (Å²) in [6.45, 7) is 1.85. The van der Waals surface area contributed by atoms with Gasteiger partial charge in [0, 0.05) is 0 Å². The molecule has 0 aliphatic heterocycles. The van der Waals surface area contributed by atoms with Gasteiger partial charge >= 0.3 is 10.1 Å². The summed E-state index contributed by atoms with van der Waals surface area (Å²) in [5.74, 6) is 5.08. The van der Waals surface area contributed by atoms with Gasteiger partial charge in [0.2, 0.25) is 5.90 Å². The Morgan fingerprint density at radius 1 is 1.26 bits per heavy atom. The number of benzene rings is 2. The van der Waals surface area contributed by atoms with Crippen LogP contribution in [0.15, 0.2) is 58.5 Å². The molecule has 0 aliphatic rings. The summed E-state index contributed by atoms with van der Waals surface area (Å²) < 4.78 is 29.4. The van der Waals surface area contributed by atoms with Crippen molar-refractivity contribution >= 4 is 16.0 Å². The molecule has 0 bridgehead atoms. The van der Waals surface area contributed by atoms with Crippen molar-refractivity contribution in [3.05, 3.63) is 65.2 Å². The monoisotopic (exact) mass is 329 g/mol. The predicted molar refractivity (Wildman–Crippen MR) is 85.9 cm³/mol. The summed E-state index contributed by atoms with van der Waals surface area (Å²) >= 11 is 0. The molecule has 7 heteroatoms. The fraction of sp³-hybridized carbons (Fsp3) is 0.125. The topological polar surface area (TPSA) is 106 Å². The van der Waals surface area contributed by atoms with E-state index < -0.39 is 10.1 Å². The normalized spacial score (nSPS) is 11.7. The van der Waals surface area contributed by atoms with Crippen LogP contribution in [-0.4, -0.2) is 14.3 Å². The van der Waals surface area contributed by atoms with Gasteiger partial charge in [0.25, 0.3) is 0 Å². The number of rotatable bonds is 4. The van der Waals surface area contributed by atoms with Gasteiger partial charge in [0.15, 0.2) is 0 Å². The number of nitrogens with two attached hydrogens (primary N) is 1. The van der Waals surface area contributed by atoms with E-state index >= 15 is 0 Å². The number of hydrogen-bond acceptors (Lipinski definition) is 6. The van der Waals surface area contributed by atoms with Gasteiger partial charge in [-0.2, -0.15) is 13.7 Å². The van der Waals surface area contributed by atoms with Crippen molar-refractivity contribution in [1.82, 2.24) is 0 Å². The summed E-state index contributed by atoms with van der Waals surface area (Å²) in [6.07, 6.45) is 0.0666. The maximum absolute atomic E-state index is 12.2. The maximum atomic E-state index is 12.2. The Labute approximate surface area is 134 Å². The minimum atomic E-state index is -4.00. The van der Waals surface area contributed by atoms with Crippen LogP contribution < -0.4 is 5.84 Å². The Bertz CT molecular complexity index is 866. The van der Waals surface area contributed by atoms with E-state index in [0.29, 0.717) is 11.1 Å². The van der Waals surface area contributed by atoms with Crippen LogP contribution in [0.2, 0.25) is 0 Å². The first-order chi connectivity index (χ1) is 10.9. The van der Waals surface area contributed by atoms with E-state index in [-0.39, 0.29) is 17.2 Å². The van der Waals surface area contributed by atoms with Crippen LogP contribution in [0.4, 0.5) is 0 Å². The first kappa shape index (κ1) is 16.5. The van der Waals surface area contributed by atoms with Crippen molar-refractivity contribution in [1.29, 1.82) is 5.26 Å². The van der Waals surface area contributed by atoms with Crippen LogP contribution in [0.3, 0.4) is 0 Å². The highest BCUT2D eigenvalue weighted by molar-refractivity contribution is 7.87. The van der Waals surface area contributed by atoms with Crippen molar-refractivity contribution in [2.45, 2.75) is 18.2 Å². The third kappa shape index (κ3) is 4.31. The lowest BCUT2D eigenvalue weighted by Crippen LogP contribution is -2.17. The quantitative estimate of drug-likeness (QED) is 0.304. The molecule has 2 aromatic carbocycles. The fourth-order valence-electron chi connectivity index (χ4n) is 1.90. The second-order valence-corrected chi connectivity index (χ2v) is 6.41. The number of aryl methyl sites for hydroxylation is 1. The molecule has 2 aromatic rings. The number of hydrazone groups is 1. The number of nitrogens with zero attached hydrogens (tertiary/aromatic N) is 2. The van der Waals surface area contributed by atoms with Gasteiger partial charge in [0.05, 0.1) is 18.1 Å². The van der Waals surface area contributed by atoms with E-state index in [2.05, 4.69) is 5.10 Å². The molecule has 0 aliphatic carbocycles. The molecule has 0 unspecified atom stereocenters. The van der Waals surface area contributed by atoms with Crippen LogP contribution >= 0.6 is 0 Å². The molecule has 0 heterocycles. The maximum Gasteiger partial charge on any atom is 0.340 e. The lowest BCUT2D eigenvalue weighted by Gasteiger charge is -2.09. The summed E-state index contributed by atoms with van der Waals surface area (Å²) in [6, 6.07) is 14.9. The van der Waals surface area contributed by atoms with Gasteiger partial charge in [-0.1, -0.05) is 29.8 Å². The molecule has 2 N–H and O–H groups in total. The summed E-state index contributed by atoms with van der Waals surface area (Å²) in [5, 5.41) is 12.3. The molecule has 6 nitrogen and oxygen atoms in total. The second-order valence-electron chi connectivity index (χ2n) is 4.86. The van der Waals surface area contributed by atoms with Crippen LogP contribution in [0.25, 0.3) is 0 Å². The van der Waals surface area contributed by atoms with Crippen molar-refractivity contribution in [3.63, 3.8) is 0 Å². The first-order valence-electron chi connectivity index (χ1n) is 6.71. The first-order valence-corrected chi connectivity index (χ1v) is 8.12. The third-order valence-electron chi connectivity index (χ3n) is 3.07. The molecule has 0 radical (unpaired) electrons. The Balaban J connectivity index is 2.19. The molecular weight excluding hydrogens is 314 g/mol. The molecular formula is C16H15N3O3S. The Hall–Kier alpha value is -2.85. The summed E-state index contributed by atoms with van der Waals surface area (Å²) in [4.78, 5) is 0.0232. The zero-order valence-corrected chi connectivity index (χ0v) is 13.2. The van der Waals surface area contributed by atoms with Crippen molar-refractivity contribution in [2.24, 2.45) is 10.9 Å². The number of nitriles is 1. The van der Waals surface area contributed by atoms with E-state index in [9.17, 15) is 8.42 Å². The predicted octanol–water partition coefficient (Wildman–Crippen LogP) is 2.09. The highest BCUT2D eigenvalue weighted by Gasteiger charge is 2.19. The Morgan fingerprint density at radius 2 is 1.96 bits per heavy atom. The van der Waals surface area contributed by atoms with E-state index in [1.54, 1.807) is 36.4 Å². The molecule has 0 saturated carbocycles. The van der Waals surface area contributed by atoms with Gasteiger partial charge in [-0.25, -0.2) is 0 Å². The van der Waals surface area contributed by atoms with Gasteiger partial charge in [-0.3, -0.25) is 0 Å². The minimum absolute atomic E-state index is 0.0232. The standard InChI is InChI=1S/C16H15N3O3S/c1-12-5-7-15(8-6-12)23(20,21)22-16(19-18)10-13-3-2-4-14(9-13)11-17/h2-9H,10,18H2,1H3. The zero-order valence-electron chi connectivity index (χ0n) is 12.4. The average molecular weight is 329 g/mol. The van der Waals surface area contributed by atoms with Crippen molar-refractivity contribution in [2.75, 3.05) is 0 Å². The van der Waals surface area contributed by atoms with Crippen LogP contribution in [-0.2, 0) is 20.7 Å². The molecule has 0 saturated heterocycles. The summed E-state index contributed by atoms with van der Waals surface area (Å²) in [5.41, 5.74) is 2.07. The molecule has 0 spiro atoms. The molecule has 0 aromatic heterocycles. The molecule has 23 heavy (non-hydrogen) atoms. The van der Waals surface area contributed by atoms with Crippen molar-refractivity contribution in [3.8, 4) is 6.07 Å².